The summed E-state index contributed by atoms with van der Waals surface area (Å²) >= 11 is 9.59. The lowest BCUT2D eigenvalue weighted by atomic mass is 10.2. The molecule has 0 bridgehead atoms. The highest BCUT2D eigenvalue weighted by atomic mass is 79.9. The molecule has 0 spiro atoms. The SMILES string of the molecule is NCCc1ccn(Cc2ccc(Br)cc2Cl)c1. The Balaban J connectivity index is 2.13. The molecule has 1 aromatic heterocycles. The molecule has 0 aliphatic heterocycles. The van der Waals surface area contributed by atoms with Crippen LogP contribution in [0.4, 0.5) is 0 Å². The molecular weight excluding hydrogens is 300 g/mol. The van der Waals surface area contributed by atoms with Crippen LogP contribution < -0.4 is 5.73 Å². The van der Waals surface area contributed by atoms with Crippen molar-refractivity contribution in [2.75, 3.05) is 6.54 Å². The predicted molar refractivity (Wildman–Crippen MR) is 75.4 cm³/mol. The van der Waals surface area contributed by atoms with Gasteiger partial charge in [0, 0.05) is 28.4 Å². The van der Waals surface area contributed by atoms with Crippen molar-refractivity contribution in [3.63, 3.8) is 0 Å². The molecule has 0 amide bonds. The van der Waals surface area contributed by atoms with Crippen molar-refractivity contribution in [2.24, 2.45) is 5.73 Å². The Labute approximate surface area is 115 Å². The summed E-state index contributed by atoms with van der Waals surface area (Å²) < 4.78 is 3.13. The highest BCUT2D eigenvalue weighted by Crippen LogP contribution is 2.22. The van der Waals surface area contributed by atoms with Gasteiger partial charge in [0.05, 0.1) is 0 Å². The van der Waals surface area contributed by atoms with E-state index in [-0.39, 0.29) is 0 Å². The zero-order valence-electron chi connectivity index (χ0n) is 9.37. The molecule has 2 nitrogen and oxygen atoms in total. The van der Waals surface area contributed by atoms with Gasteiger partial charge in [0.25, 0.3) is 0 Å². The molecule has 0 aliphatic rings. The minimum atomic E-state index is 0.684. The zero-order valence-corrected chi connectivity index (χ0v) is 11.7. The second-order valence-corrected chi connectivity index (χ2v) is 5.29. The van der Waals surface area contributed by atoms with Crippen LogP contribution in [0, 0.1) is 0 Å². The van der Waals surface area contributed by atoms with E-state index in [2.05, 4.69) is 39.0 Å². The molecule has 0 atom stereocenters. The number of benzene rings is 1. The number of rotatable bonds is 4. The minimum absolute atomic E-state index is 0.684. The first-order valence-corrected chi connectivity index (χ1v) is 6.65. The molecule has 4 heteroatoms. The van der Waals surface area contributed by atoms with Gasteiger partial charge in [-0.1, -0.05) is 33.6 Å². The number of nitrogens with two attached hydrogens (primary N) is 1. The highest BCUT2D eigenvalue weighted by Gasteiger charge is 2.02. The number of nitrogens with zero attached hydrogens (tertiary/aromatic N) is 1. The van der Waals surface area contributed by atoms with Crippen molar-refractivity contribution in [2.45, 2.75) is 13.0 Å². The number of hydrogen-bond acceptors (Lipinski definition) is 1. The first-order chi connectivity index (χ1) is 8.19. The second kappa shape index (κ2) is 5.71. The molecule has 1 heterocycles. The van der Waals surface area contributed by atoms with Gasteiger partial charge in [-0.15, -0.1) is 0 Å². The fourth-order valence-electron chi connectivity index (χ4n) is 1.75. The van der Waals surface area contributed by atoms with Crippen LogP contribution in [0.2, 0.25) is 5.02 Å². The van der Waals surface area contributed by atoms with E-state index in [1.165, 1.54) is 5.56 Å². The monoisotopic (exact) mass is 312 g/mol. The van der Waals surface area contributed by atoms with Crippen LogP contribution >= 0.6 is 27.5 Å². The summed E-state index contributed by atoms with van der Waals surface area (Å²) in [5.74, 6) is 0. The van der Waals surface area contributed by atoms with Gasteiger partial charge >= 0.3 is 0 Å². The molecule has 17 heavy (non-hydrogen) atoms. The Hall–Kier alpha value is -0.770. The summed E-state index contributed by atoms with van der Waals surface area (Å²) in [4.78, 5) is 0. The minimum Gasteiger partial charge on any atom is -0.350 e. The van der Waals surface area contributed by atoms with Crippen LogP contribution in [0.15, 0.2) is 41.1 Å². The molecule has 0 saturated carbocycles. The van der Waals surface area contributed by atoms with Crippen LogP contribution in [-0.4, -0.2) is 11.1 Å². The summed E-state index contributed by atoms with van der Waals surface area (Å²) in [7, 11) is 0. The number of hydrogen-bond donors (Lipinski definition) is 1. The van der Waals surface area contributed by atoms with Gasteiger partial charge in [-0.3, -0.25) is 0 Å². The van der Waals surface area contributed by atoms with E-state index < -0.39 is 0 Å². The van der Waals surface area contributed by atoms with E-state index >= 15 is 0 Å². The normalized spacial score (nSPS) is 10.8. The summed E-state index contributed by atoms with van der Waals surface area (Å²) in [6.45, 7) is 1.47. The Morgan fingerprint density at radius 1 is 1.29 bits per heavy atom. The van der Waals surface area contributed by atoms with E-state index in [4.69, 9.17) is 17.3 Å². The largest absolute Gasteiger partial charge is 0.350 e. The molecule has 1 aromatic carbocycles. The number of aromatic nitrogens is 1. The third kappa shape index (κ3) is 3.35. The van der Waals surface area contributed by atoms with Gasteiger partial charge in [-0.2, -0.15) is 0 Å². The Kier molecular flexibility index (Phi) is 4.26. The van der Waals surface area contributed by atoms with Crippen LogP contribution in [0.3, 0.4) is 0 Å². The Morgan fingerprint density at radius 3 is 2.82 bits per heavy atom. The van der Waals surface area contributed by atoms with Crippen LogP contribution in [0.25, 0.3) is 0 Å². The van der Waals surface area contributed by atoms with Crippen molar-refractivity contribution in [3.05, 3.63) is 57.3 Å². The lowest BCUT2D eigenvalue weighted by molar-refractivity contribution is 0.800. The third-order valence-electron chi connectivity index (χ3n) is 2.61. The molecule has 90 valence electrons. The summed E-state index contributed by atoms with van der Waals surface area (Å²) in [5, 5.41) is 0.786. The van der Waals surface area contributed by atoms with E-state index in [0.717, 1.165) is 28.0 Å². The molecule has 2 N–H and O–H groups in total. The standard InChI is InChI=1S/C13H14BrClN2/c14-12-2-1-11(13(15)7-12)9-17-6-4-10(8-17)3-5-16/h1-2,4,6-8H,3,5,9,16H2. The Bertz CT molecular complexity index is 508. The van der Waals surface area contributed by atoms with Gasteiger partial charge in [0.1, 0.15) is 0 Å². The van der Waals surface area contributed by atoms with E-state index in [0.29, 0.717) is 6.54 Å². The molecule has 0 saturated heterocycles. The predicted octanol–water partition coefficient (Wildman–Crippen LogP) is 3.45. The summed E-state index contributed by atoms with van der Waals surface area (Å²) in [6, 6.07) is 8.06. The lowest BCUT2D eigenvalue weighted by Crippen LogP contribution is -2.02. The fourth-order valence-corrected chi connectivity index (χ4v) is 2.48. The molecule has 2 rings (SSSR count). The quantitative estimate of drug-likeness (QED) is 0.921. The maximum absolute atomic E-state index is 6.18. The first-order valence-electron chi connectivity index (χ1n) is 5.47. The van der Waals surface area contributed by atoms with Gasteiger partial charge < -0.3 is 10.3 Å². The van der Waals surface area contributed by atoms with Gasteiger partial charge in [-0.25, -0.2) is 0 Å². The fraction of sp³-hybridized carbons (Fsp3) is 0.231. The molecule has 2 aromatic rings. The third-order valence-corrected chi connectivity index (χ3v) is 3.46. The number of halogens is 2. The van der Waals surface area contributed by atoms with Crippen molar-refractivity contribution in [3.8, 4) is 0 Å². The molecule has 0 aliphatic carbocycles. The van der Waals surface area contributed by atoms with Crippen molar-refractivity contribution < 1.29 is 0 Å². The second-order valence-electron chi connectivity index (χ2n) is 3.97. The maximum Gasteiger partial charge on any atom is 0.0485 e. The van der Waals surface area contributed by atoms with Crippen LogP contribution in [-0.2, 0) is 13.0 Å². The van der Waals surface area contributed by atoms with E-state index in [1.54, 1.807) is 0 Å². The Morgan fingerprint density at radius 2 is 2.12 bits per heavy atom. The van der Waals surface area contributed by atoms with Crippen LogP contribution in [0.5, 0.6) is 0 Å². The molecule has 0 radical (unpaired) electrons. The van der Waals surface area contributed by atoms with Crippen molar-refractivity contribution in [1.29, 1.82) is 0 Å². The topological polar surface area (TPSA) is 30.9 Å². The average Bonchev–Trinajstić information content (AvgIpc) is 2.71. The lowest BCUT2D eigenvalue weighted by Gasteiger charge is -2.06. The van der Waals surface area contributed by atoms with Gasteiger partial charge in [-0.05, 0) is 42.3 Å². The van der Waals surface area contributed by atoms with Gasteiger partial charge in [0.15, 0.2) is 0 Å². The smallest absolute Gasteiger partial charge is 0.0485 e. The van der Waals surface area contributed by atoms with Crippen molar-refractivity contribution >= 4 is 27.5 Å². The van der Waals surface area contributed by atoms with E-state index in [9.17, 15) is 0 Å². The van der Waals surface area contributed by atoms with Gasteiger partial charge in [0.2, 0.25) is 0 Å². The molecule has 0 unspecified atom stereocenters. The maximum atomic E-state index is 6.18. The van der Waals surface area contributed by atoms with Crippen LogP contribution in [0.1, 0.15) is 11.1 Å². The zero-order chi connectivity index (χ0) is 12.3. The summed E-state index contributed by atoms with van der Waals surface area (Å²) in [6.07, 6.45) is 5.09. The first kappa shape index (κ1) is 12.7. The molecular formula is C13H14BrClN2. The van der Waals surface area contributed by atoms with E-state index in [1.807, 2.05) is 18.2 Å². The highest BCUT2D eigenvalue weighted by molar-refractivity contribution is 9.10. The van der Waals surface area contributed by atoms with Crippen molar-refractivity contribution in [1.82, 2.24) is 4.57 Å². The summed E-state index contributed by atoms with van der Waals surface area (Å²) in [5.41, 5.74) is 7.91. The average molecular weight is 314 g/mol. The molecule has 0 fully saturated rings.